The Morgan fingerprint density at radius 3 is 2.73 bits per heavy atom. The van der Waals surface area contributed by atoms with Crippen molar-refractivity contribution in [1.82, 2.24) is 0 Å². The first kappa shape index (κ1) is 12.4. The van der Waals surface area contributed by atoms with Crippen LogP contribution in [-0.4, -0.2) is 17.1 Å². The molecular formula is C11H13ClF2O. The largest absolute Gasteiger partial charge is 0.393 e. The van der Waals surface area contributed by atoms with E-state index in [1.54, 1.807) is 0 Å². The lowest BCUT2D eigenvalue weighted by molar-refractivity contribution is 0.162. The molecule has 0 aliphatic heterocycles. The fourth-order valence-electron chi connectivity index (χ4n) is 1.37. The summed E-state index contributed by atoms with van der Waals surface area (Å²) in [5.41, 5.74) is 0.206. The molecule has 1 aromatic rings. The van der Waals surface area contributed by atoms with Gasteiger partial charge in [-0.2, -0.15) is 0 Å². The first-order valence-corrected chi connectivity index (χ1v) is 5.35. The van der Waals surface area contributed by atoms with Crippen LogP contribution in [0.5, 0.6) is 0 Å². The standard InChI is InChI=1S/C11H13ClF2O/c12-6-2-4-9(15)7-8-3-1-5-10(13)11(8)14/h1,3,5,9,15H,2,4,6-7H2. The van der Waals surface area contributed by atoms with Crippen molar-refractivity contribution >= 4 is 11.6 Å². The van der Waals surface area contributed by atoms with Crippen LogP contribution in [0.3, 0.4) is 0 Å². The summed E-state index contributed by atoms with van der Waals surface area (Å²) in [6, 6.07) is 3.97. The number of aliphatic hydroxyl groups is 1. The van der Waals surface area contributed by atoms with Crippen molar-refractivity contribution in [3.05, 3.63) is 35.4 Å². The van der Waals surface area contributed by atoms with E-state index in [-0.39, 0.29) is 12.0 Å². The van der Waals surface area contributed by atoms with Gasteiger partial charge >= 0.3 is 0 Å². The number of benzene rings is 1. The van der Waals surface area contributed by atoms with Crippen LogP contribution in [0, 0.1) is 11.6 Å². The lowest BCUT2D eigenvalue weighted by Gasteiger charge is -2.10. The minimum Gasteiger partial charge on any atom is -0.393 e. The third-order valence-electron chi connectivity index (χ3n) is 2.16. The number of alkyl halides is 1. The Bertz CT molecular complexity index is 317. The number of hydrogen-bond acceptors (Lipinski definition) is 1. The molecule has 0 spiro atoms. The molecule has 0 saturated heterocycles. The van der Waals surface area contributed by atoms with Gasteiger partial charge in [0.05, 0.1) is 6.10 Å². The molecule has 0 heterocycles. The molecule has 0 aliphatic carbocycles. The number of aliphatic hydroxyl groups excluding tert-OH is 1. The molecule has 1 rings (SSSR count). The highest BCUT2D eigenvalue weighted by Gasteiger charge is 2.11. The molecule has 1 N–H and O–H groups in total. The normalized spacial score (nSPS) is 12.8. The zero-order chi connectivity index (χ0) is 11.3. The van der Waals surface area contributed by atoms with E-state index in [0.717, 1.165) is 6.07 Å². The highest BCUT2D eigenvalue weighted by atomic mass is 35.5. The van der Waals surface area contributed by atoms with Gasteiger partial charge in [-0.05, 0) is 24.5 Å². The van der Waals surface area contributed by atoms with Gasteiger partial charge in [0, 0.05) is 12.3 Å². The van der Waals surface area contributed by atoms with Gasteiger partial charge in [-0.25, -0.2) is 8.78 Å². The first-order valence-electron chi connectivity index (χ1n) is 4.82. The molecule has 0 aliphatic rings. The molecule has 0 saturated carbocycles. The van der Waals surface area contributed by atoms with E-state index in [1.807, 2.05) is 0 Å². The van der Waals surface area contributed by atoms with Crippen molar-refractivity contribution in [3.8, 4) is 0 Å². The Morgan fingerprint density at radius 2 is 2.07 bits per heavy atom. The SMILES string of the molecule is OC(CCCCl)Cc1cccc(F)c1F. The summed E-state index contributed by atoms with van der Waals surface area (Å²) in [5, 5.41) is 9.50. The molecule has 1 unspecified atom stereocenters. The Kier molecular flexibility index (Phi) is 4.99. The van der Waals surface area contributed by atoms with Crippen LogP contribution in [0.4, 0.5) is 8.78 Å². The molecule has 0 aromatic heterocycles. The van der Waals surface area contributed by atoms with Crippen LogP contribution in [0.15, 0.2) is 18.2 Å². The molecule has 84 valence electrons. The van der Waals surface area contributed by atoms with Crippen LogP contribution >= 0.6 is 11.6 Å². The molecule has 0 radical (unpaired) electrons. The van der Waals surface area contributed by atoms with Crippen LogP contribution in [0.25, 0.3) is 0 Å². The van der Waals surface area contributed by atoms with E-state index in [1.165, 1.54) is 12.1 Å². The van der Waals surface area contributed by atoms with Crippen LogP contribution in [0.1, 0.15) is 18.4 Å². The van der Waals surface area contributed by atoms with Gasteiger partial charge in [0.1, 0.15) is 0 Å². The maximum absolute atomic E-state index is 13.2. The molecule has 15 heavy (non-hydrogen) atoms. The molecular weight excluding hydrogens is 222 g/mol. The van der Waals surface area contributed by atoms with Crippen LogP contribution in [-0.2, 0) is 6.42 Å². The highest BCUT2D eigenvalue weighted by Crippen LogP contribution is 2.14. The van der Waals surface area contributed by atoms with Gasteiger partial charge in [0.25, 0.3) is 0 Å². The average Bonchev–Trinajstić information content (AvgIpc) is 2.22. The topological polar surface area (TPSA) is 20.2 Å². The Balaban J connectivity index is 2.60. The summed E-state index contributed by atoms with van der Waals surface area (Å²) in [6.45, 7) is 0. The summed E-state index contributed by atoms with van der Waals surface area (Å²) in [5.74, 6) is -1.29. The highest BCUT2D eigenvalue weighted by molar-refractivity contribution is 6.17. The smallest absolute Gasteiger partial charge is 0.162 e. The quantitative estimate of drug-likeness (QED) is 0.777. The fraction of sp³-hybridized carbons (Fsp3) is 0.455. The van der Waals surface area contributed by atoms with E-state index in [0.29, 0.717) is 18.7 Å². The predicted molar refractivity (Wildman–Crippen MR) is 56.0 cm³/mol. The van der Waals surface area contributed by atoms with Crippen molar-refractivity contribution < 1.29 is 13.9 Å². The number of hydrogen-bond donors (Lipinski definition) is 1. The second-order valence-corrected chi connectivity index (χ2v) is 3.78. The zero-order valence-corrected chi connectivity index (χ0v) is 8.97. The number of rotatable bonds is 5. The van der Waals surface area contributed by atoms with Crippen molar-refractivity contribution in [1.29, 1.82) is 0 Å². The van der Waals surface area contributed by atoms with E-state index in [4.69, 9.17) is 11.6 Å². The average molecular weight is 235 g/mol. The van der Waals surface area contributed by atoms with E-state index in [2.05, 4.69) is 0 Å². The van der Waals surface area contributed by atoms with Crippen molar-refractivity contribution in [2.75, 3.05) is 5.88 Å². The van der Waals surface area contributed by atoms with Gasteiger partial charge in [0.15, 0.2) is 11.6 Å². The molecule has 0 bridgehead atoms. The summed E-state index contributed by atoms with van der Waals surface area (Å²) in [7, 11) is 0. The maximum atomic E-state index is 13.2. The first-order chi connectivity index (χ1) is 7.15. The Labute approximate surface area is 92.7 Å². The monoisotopic (exact) mass is 234 g/mol. The van der Waals surface area contributed by atoms with Crippen LogP contribution in [0.2, 0.25) is 0 Å². The third-order valence-corrected chi connectivity index (χ3v) is 2.43. The summed E-state index contributed by atoms with van der Waals surface area (Å²) in [6.07, 6.45) is 0.625. The second kappa shape index (κ2) is 6.03. The molecule has 1 aromatic carbocycles. The van der Waals surface area contributed by atoms with Gasteiger partial charge in [-0.3, -0.25) is 0 Å². The maximum Gasteiger partial charge on any atom is 0.162 e. The van der Waals surface area contributed by atoms with Crippen molar-refractivity contribution in [2.45, 2.75) is 25.4 Å². The van der Waals surface area contributed by atoms with Gasteiger partial charge in [0.2, 0.25) is 0 Å². The van der Waals surface area contributed by atoms with Crippen molar-refractivity contribution in [2.24, 2.45) is 0 Å². The summed E-state index contributed by atoms with van der Waals surface area (Å²) >= 11 is 5.46. The molecule has 1 atom stereocenters. The van der Waals surface area contributed by atoms with Crippen LogP contribution < -0.4 is 0 Å². The van der Waals surface area contributed by atoms with Gasteiger partial charge in [-0.1, -0.05) is 12.1 Å². The second-order valence-electron chi connectivity index (χ2n) is 3.40. The molecule has 4 heteroatoms. The van der Waals surface area contributed by atoms with Gasteiger partial charge < -0.3 is 5.11 Å². The predicted octanol–water partition coefficient (Wildman–Crippen LogP) is 2.89. The number of halogens is 3. The Hall–Kier alpha value is -0.670. The lowest BCUT2D eigenvalue weighted by Crippen LogP contribution is -2.12. The summed E-state index contributed by atoms with van der Waals surface area (Å²) < 4.78 is 26.0. The van der Waals surface area contributed by atoms with E-state index in [9.17, 15) is 13.9 Å². The fourth-order valence-corrected chi connectivity index (χ4v) is 1.53. The zero-order valence-electron chi connectivity index (χ0n) is 8.22. The summed E-state index contributed by atoms with van der Waals surface area (Å²) in [4.78, 5) is 0. The van der Waals surface area contributed by atoms with E-state index < -0.39 is 17.7 Å². The molecule has 1 nitrogen and oxygen atoms in total. The lowest BCUT2D eigenvalue weighted by atomic mass is 10.0. The van der Waals surface area contributed by atoms with Crippen molar-refractivity contribution in [3.63, 3.8) is 0 Å². The minimum atomic E-state index is -0.878. The Morgan fingerprint density at radius 1 is 1.33 bits per heavy atom. The third kappa shape index (κ3) is 3.76. The molecule has 0 amide bonds. The molecule has 0 fully saturated rings. The van der Waals surface area contributed by atoms with Gasteiger partial charge in [-0.15, -0.1) is 11.6 Å². The van der Waals surface area contributed by atoms with E-state index >= 15 is 0 Å². The minimum absolute atomic E-state index is 0.125.